The molecule has 0 aliphatic carbocycles. The van der Waals surface area contributed by atoms with Crippen LogP contribution in [0.3, 0.4) is 0 Å². The van der Waals surface area contributed by atoms with Crippen LogP contribution in [0.2, 0.25) is 5.02 Å². The Kier molecular flexibility index (Phi) is 5.90. The summed E-state index contributed by atoms with van der Waals surface area (Å²) < 4.78 is 30.2. The molecule has 1 amide bonds. The topological polar surface area (TPSA) is 92.6 Å². The molecule has 0 aliphatic heterocycles. The largest absolute Gasteiger partial charge is 0.346 e. The Labute approximate surface area is 191 Å². The summed E-state index contributed by atoms with van der Waals surface area (Å²) in [5.41, 5.74) is 3.63. The van der Waals surface area contributed by atoms with Crippen molar-refractivity contribution in [3.63, 3.8) is 0 Å². The number of rotatable bonds is 6. The Morgan fingerprint density at radius 3 is 2.53 bits per heavy atom. The van der Waals surface area contributed by atoms with E-state index in [2.05, 4.69) is 15.0 Å². The summed E-state index contributed by atoms with van der Waals surface area (Å²) >= 11 is 5.99. The standard InChI is InChI=1S/C23H21ClN4O3S/c1-15-3-8-19(9-4-15)27-32(30,31)21-11-17(6-5-16(21)2)23(29)25-12-20-14-28-13-18(24)7-10-22(28)26-20/h3-11,13-14,27H,12H2,1-2H3,(H,25,29). The summed E-state index contributed by atoms with van der Waals surface area (Å²) in [6.45, 7) is 3.80. The van der Waals surface area contributed by atoms with Gasteiger partial charge < -0.3 is 9.72 Å². The first kappa shape index (κ1) is 21.9. The molecule has 0 saturated carbocycles. The molecule has 4 aromatic rings. The number of sulfonamides is 1. The summed E-state index contributed by atoms with van der Waals surface area (Å²) in [6.07, 6.45) is 3.51. The minimum Gasteiger partial charge on any atom is -0.346 e. The zero-order chi connectivity index (χ0) is 22.9. The van der Waals surface area contributed by atoms with Crippen LogP contribution in [-0.4, -0.2) is 23.7 Å². The Balaban J connectivity index is 1.51. The van der Waals surface area contributed by atoms with Gasteiger partial charge in [0, 0.05) is 23.6 Å². The van der Waals surface area contributed by atoms with Crippen LogP contribution in [-0.2, 0) is 16.6 Å². The zero-order valence-corrected chi connectivity index (χ0v) is 19.0. The highest BCUT2D eigenvalue weighted by atomic mass is 35.5. The van der Waals surface area contributed by atoms with Crippen molar-refractivity contribution >= 4 is 38.9 Å². The lowest BCUT2D eigenvalue weighted by Gasteiger charge is -2.12. The Bertz CT molecular complexity index is 1410. The lowest BCUT2D eigenvalue weighted by molar-refractivity contribution is 0.0950. The van der Waals surface area contributed by atoms with Crippen molar-refractivity contribution in [2.75, 3.05) is 4.72 Å². The van der Waals surface area contributed by atoms with Crippen molar-refractivity contribution in [3.05, 3.63) is 94.4 Å². The zero-order valence-electron chi connectivity index (χ0n) is 17.5. The molecule has 2 aromatic heterocycles. The minimum absolute atomic E-state index is 0.0492. The van der Waals surface area contributed by atoms with E-state index >= 15 is 0 Å². The second-order valence-corrected chi connectivity index (χ2v) is 9.57. The molecule has 2 N–H and O–H groups in total. The quantitative estimate of drug-likeness (QED) is 0.440. The molecule has 0 bridgehead atoms. The first-order valence-corrected chi connectivity index (χ1v) is 11.7. The number of pyridine rings is 1. The predicted molar refractivity (Wildman–Crippen MR) is 125 cm³/mol. The molecule has 0 atom stereocenters. The maximum Gasteiger partial charge on any atom is 0.262 e. The average Bonchev–Trinajstić information content (AvgIpc) is 3.15. The van der Waals surface area contributed by atoms with Gasteiger partial charge in [0.05, 0.1) is 22.2 Å². The number of imidazole rings is 1. The number of nitrogens with one attached hydrogen (secondary N) is 2. The molecular weight excluding hydrogens is 448 g/mol. The number of anilines is 1. The summed E-state index contributed by atoms with van der Waals surface area (Å²) in [7, 11) is -3.86. The summed E-state index contributed by atoms with van der Waals surface area (Å²) in [5.74, 6) is -0.396. The van der Waals surface area contributed by atoms with E-state index in [1.807, 2.05) is 19.1 Å². The molecule has 0 radical (unpaired) electrons. The number of halogens is 1. The van der Waals surface area contributed by atoms with Crippen LogP contribution in [0, 0.1) is 13.8 Å². The van der Waals surface area contributed by atoms with Crippen molar-refractivity contribution in [2.24, 2.45) is 0 Å². The first-order valence-electron chi connectivity index (χ1n) is 9.83. The van der Waals surface area contributed by atoms with Crippen LogP contribution in [0.4, 0.5) is 5.69 Å². The Morgan fingerprint density at radius 1 is 1.03 bits per heavy atom. The third-order valence-electron chi connectivity index (χ3n) is 4.94. The number of fused-ring (bicyclic) bond motifs is 1. The SMILES string of the molecule is Cc1ccc(NS(=O)(=O)c2cc(C(=O)NCc3cn4cc(Cl)ccc4n3)ccc2C)cc1. The molecule has 0 fully saturated rings. The van der Waals surface area contributed by atoms with Crippen LogP contribution in [0.25, 0.3) is 5.65 Å². The van der Waals surface area contributed by atoms with Crippen LogP contribution < -0.4 is 10.0 Å². The summed E-state index contributed by atoms with van der Waals surface area (Å²) in [4.78, 5) is 17.2. The fourth-order valence-electron chi connectivity index (χ4n) is 3.24. The van der Waals surface area contributed by atoms with E-state index in [1.54, 1.807) is 60.1 Å². The number of aromatic nitrogens is 2. The second-order valence-electron chi connectivity index (χ2n) is 7.48. The van der Waals surface area contributed by atoms with Crippen molar-refractivity contribution in [1.29, 1.82) is 0 Å². The molecule has 32 heavy (non-hydrogen) atoms. The van der Waals surface area contributed by atoms with Gasteiger partial charge in [0.1, 0.15) is 5.65 Å². The molecule has 9 heteroatoms. The number of hydrogen-bond acceptors (Lipinski definition) is 4. The summed E-state index contributed by atoms with van der Waals surface area (Å²) in [6, 6.07) is 15.2. The van der Waals surface area contributed by atoms with Crippen molar-refractivity contribution < 1.29 is 13.2 Å². The number of carbonyl (C=O) groups excluding carboxylic acids is 1. The van der Waals surface area contributed by atoms with Crippen molar-refractivity contribution in [3.8, 4) is 0 Å². The average molecular weight is 469 g/mol. The van der Waals surface area contributed by atoms with E-state index in [1.165, 1.54) is 6.07 Å². The summed E-state index contributed by atoms with van der Waals surface area (Å²) in [5, 5.41) is 3.36. The van der Waals surface area contributed by atoms with E-state index in [-0.39, 0.29) is 17.0 Å². The fraction of sp³-hybridized carbons (Fsp3) is 0.130. The second kappa shape index (κ2) is 8.64. The van der Waals surface area contributed by atoms with Gasteiger partial charge in [-0.2, -0.15) is 0 Å². The van der Waals surface area contributed by atoms with Gasteiger partial charge in [-0.3, -0.25) is 9.52 Å². The molecule has 0 unspecified atom stereocenters. The normalized spacial score (nSPS) is 11.5. The molecular formula is C23H21ClN4O3S. The maximum atomic E-state index is 12.9. The van der Waals surface area contributed by atoms with E-state index in [0.29, 0.717) is 27.6 Å². The molecule has 7 nitrogen and oxygen atoms in total. The van der Waals surface area contributed by atoms with Crippen LogP contribution in [0.15, 0.2) is 71.9 Å². The number of amides is 1. The van der Waals surface area contributed by atoms with Gasteiger partial charge in [-0.15, -0.1) is 0 Å². The highest BCUT2D eigenvalue weighted by Gasteiger charge is 2.19. The number of nitrogens with zero attached hydrogens (tertiary/aromatic N) is 2. The molecule has 0 aliphatic rings. The van der Waals surface area contributed by atoms with Gasteiger partial charge in [0.2, 0.25) is 0 Å². The van der Waals surface area contributed by atoms with Crippen molar-refractivity contribution in [2.45, 2.75) is 25.3 Å². The number of benzene rings is 2. The lowest BCUT2D eigenvalue weighted by atomic mass is 10.1. The minimum atomic E-state index is -3.86. The van der Waals surface area contributed by atoms with Gasteiger partial charge in [0.25, 0.3) is 15.9 Å². The molecule has 4 rings (SSSR count). The maximum absolute atomic E-state index is 12.9. The molecule has 164 valence electrons. The number of carbonyl (C=O) groups is 1. The van der Waals surface area contributed by atoms with Gasteiger partial charge >= 0.3 is 0 Å². The fourth-order valence-corrected chi connectivity index (χ4v) is 4.74. The highest BCUT2D eigenvalue weighted by molar-refractivity contribution is 7.92. The van der Waals surface area contributed by atoms with Crippen LogP contribution in [0.5, 0.6) is 0 Å². The van der Waals surface area contributed by atoms with E-state index in [0.717, 1.165) is 5.56 Å². The monoisotopic (exact) mass is 468 g/mol. The molecule has 2 heterocycles. The highest BCUT2D eigenvalue weighted by Crippen LogP contribution is 2.21. The van der Waals surface area contributed by atoms with Gasteiger partial charge in [0.15, 0.2) is 0 Å². The van der Waals surface area contributed by atoms with E-state index < -0.39 is 15.9 Å². The molecule has 0 saturated heterocycles. The molecule has 0 spiro atoms. The van der Waals surface area contributed by atoms with E-state index in [9.17, 15) is 13.2 Å². The van der Waals surface area contributed by atoms with Crippen LogP contribution >= 0.6 is 11.6 Å². The number of hydrogen-bond donors (Lipinski definition) is 2. The lowest BCUT2D eigenvalue weighted by Crippen LogP contribution is -2.24. The van der Waals surface area contributed by atoms with Gasteiger partial charge in [-0.25, -0.2) is 13.4 Å². The van der Waals surface area contributed by atoms with Gasteiger partial charge in [-0.1, -0.05) is 35.4 Å². The third-order valence-corrected chi connectivity index (χ3v) is 6.69. The van der Waals surface area contributed by atoms with Crippen molar-refractivity contribution in [1.82, 2.24) is 14.7 Å². The number of aryl methyl sites for hydroxylation is 2. The first-order chi connectivity index (χ1) is 15.2. The Hall–Kier alpha value is -3.36. The van der Waals surface area contributed by atoms with Gasteiger partial charge in [-0.05, 0) is 55.8 Å². The van der Waals surface area contributed by atoms with Crippen LogP contribution in [0.1, 0.15) is 27.2 Å². The Morgan fingerprint density at radius 2 is 1.78 bits per heavy atom. The smallest absolute Gasteiger partial charge is 0.262 e. The predicted octanol–water partition coefficient (Wildman–Crippen LogP) is 4.34. The molecule has 2 aromatic carbocycles. The third kappa shape index (κ3) is 4.76. The van der Waals surface area contributed by atoms with E-state index in [4.69, 9.17) is 11.6 Å².